The van der Waals surface area contributed by atoms with Gasteiger partial charge in [0.05, 0.1) is 6.54 Å². The van der Waals surface area contributed by atoms with Crippen LogP contribution in [0, 0.1) is 0 Å². The molecule has 0 aliphatic carbocycles. The van der Waals surface area contributed by atoms with Gasteiger partial charge in [-0.25, -0.2) is 0 Å². The predicted molar refractivity (Wildman–Crippen MR) is 64.2 cm³/mol. The molecule has 0 fully saturated rings. The van der Waals surface area contributed by atoms with Crippen molar-refractivity contribution in [3.63, 3.8) is 0 Å². The van der Waals surface area contributed by atoms with E-state index in [1.54, 1.807) is 24.1 Å². The first-order valence-corrected chi connectivity index (χ1v) is 4.69. The molecule has 0 heterocycles. The number of amides is 1. The molecule has 1 aromatic carbocycles. The number of halogens is 2. The van der Waals surface area contributed by atoms with E-state index < -0.39 is 0 Å². The summed E-state index contributed by atoms with van der Waals surface area (Å²) in [5, 5.41) is 0.696. The summed E-state index contributed by atoms with van der Waals surface area (Å²) in [5.74, 6) is -0.0695. The van der Waals surface area contributed by atoms with Crippen molar-refractivity contribution in [2.24, 2.45) is 5.73 Å². The van der Waals surface area contributed by atoms with E-state index in [2.05, 4.69) is 0 Å². The number of rotatable bonds is 3. The van der Waals surface area contributed by atoms with Crippen LogP contribution in [-0.2, 0) is 11.3 Å². The average Bonchev–Trinajstić information content (AvgIpc) is 2.20. The monoisotopic (exact) mass is 248 g/mol. The highest BCUT2D eigenvalue weighted by Gasteiger charge is 2.05. The fourth-order valence-corrected chi connectivity index (χ4v) is 1.23. The summed E-state index contributed by atoms with van der Waals surface area (Å²) in [4.78, 5) is 12.7. The molecule has 0 aliphatic heterocycles. The van der Waals surface area contributed by atoms with Gasteiger partial charge in [0, 0.05) is 18.6 Å². The fraction of sp³-hybridized carbons (Fsp3) is 0.300. The molecule has 1 amide bonds. The van der Waals surface area contributed by atoms with Crippen LogP contribution in [0.1, 0.15) is 5.56 Å². The van der Waals surface area contributed by atoms with Crippen LogP contribution < -0.4 is 5.73 Å². The average molecular weight is 249 g/mol. The second-order valence-electron chi connectivity index (χ2n) is 3.08. The standard InChI is InChI=1S/C10H13ClN2O.ClH/c1-13(10(14)6-12)7-8-2-4-9(11)5-3-8;/h2-5H,6-7,12H2,1H3;1H. The van der Waals surface area contributed by atoms with Crippen molar-refractivity contribution >= 4 is 29.9 Å². The molecule has 0 bridgehead atoms. The molecule has 3 nitrogen and oxygen atoms in total. The molecule has 1 rings (SSSR count). The second-order valence-corrected chi connectivity index (χ2v) is 3.52. The fourth-order valence-electron chi connectivity index (χ4n) is 1.11. The molecule has 0 atom stereocenters. The van der Waals surface area contributed by atoms with Crippen molar-refractivity contribution in [1.29, 1.82) is 0 Å². The van der Waals surface area contributed by atoms with Gasteiger partial charge in [0.15, 0.2) is 0 Å². The van der Waals surface area contributed by atoms with Crippen LogP contribution in [0.25, 0.3) is 0 Å². The molecule has 15 heavy (non-hydrogen) atoms. The minimum atomic E-state index is -0.0695. The van der Waals surface area contributed by atoms with Crippen molar-refractivity contribution in [1.82, 2.24) is 4.90 Å². The zero-order valence-electron chi connectivity index (χ0n) is 8.44. The molecule has 0 aliphatic rings. The largest absolute Gasteiger partial charge is 0.340 e. The van der Waals surface area contributed by atoms with Gasteiger partial charge in [0.25, 0.3) is 0 Å². The molecular weight excluding hydrogens is 235 g/mol. The summed E-state index contributed by atoms with van der Waals surface area (Å²) in [6.07, 6.45) is 0. The third kappa shape index (κ3) is 4.51. The van der Waals surface area contributed by atoms with E-state index in [0.29, 0.717) is 11.6 Å². The zero-order chi connectivity index (χ0) is 10.6. The van der Waals surface area contributed by atoms with Gasteiger partial charge in [0.2, 0.25) is 5.91 Å². The van der Waals surface area contributed by atoms with Gasteiger partial charge in [-0.2, -0.15) is 0 Å². The maximum atomic E-state index is 11.2. The maximum Gasteiger partial charge on any atom is 0.236 e. The lowest BCUT2D eigenvalue weighted by Gasteiger charge is -2.15. The number of benzene rings is 1. The van der Waals surface area contributed by atoms with E-state index in [4.69, 9.17) is 17.3 Å². The van der Waals surface area contributed by atoms with Crippen LogP contribution in [0.4, 0.5) is 0 Å². The third-order valence-corrected chi connectivity index (χ3v) is 2.19. The van der Waals surface area contributed by atoms with Crippen molar-refractivity contribution in [2.75, 3.05) is 13.6 Å². The van der Waals surface area contributed by atoms with Crippen molar-refractivity contribution in [2.45, 2.75) is 6.54 Å². The number of carbonyl (C=O) groups excluding carboxylic acids is 1. The number of hydrogen-bond acceptors (Lipinski definition) is 2. The Bertz CT molecular complexity index is 314. The first kappa shape index (κ1) is 14.2. The van der Waals surface area contributed by atoms with Gasteiger partial charge >= 0.3 is 0 Å². The van der Waals surface area contributed by atoms with E-state index in [1.807, 2.05) is 12.1 Å². The van der Waals surface area contributed by atoms with E-state index in [-0.39, 0.29) is 24.9 Å². The molecule has 0 saturated heterocycles. The van der Waals surface area contributed by atoms with E-state index in [0.717, 1.165) is 5.56 Å². The molecule has 0 unspecified atom stereocenters. The van der Waals surface area contributed by atoms with Gasteiger partial charge in [0.1, 0.15) is 0 Å². The van der Waals surface area contributed by atoms with Gasteiger partial charge < -0.3 is 10.6 Å². The minimum absolute atomic E-state index is 0. The molecule has 0 aromatic heterocycles. The van der Waals surface area contributed by atoms with Crippen LogP contribution in [-0.4, -0.2) is 24.4 Å². The maximum absolute atomic E-state index is 11.2. The van der Waals surface area contributed by atoms with Crippen LogP contribution >= 0.6 is 24.0 Å². The summed E-state index contributed by atoms with van der Waals surface area (Å²) in [6, 6.07) is 7.39. The Morgan fingerprint density at radius 1 is 1.40 bits per heavy atom. The highest BCUT2D eigenvalue weighted by molar-refractivity contribution is 6.30. The SMILES string of the molecule is CN(Cc1ccc(Cl)cc1)C(=O)CN.Cl. The highest BCUT2D eigenvalue weighted by Crippen LogP contribution is 2.10. The molecule has 84 valence electrons. The Kier molecular flexibility index (Phi) is 6.32. The Balaban J connectivity index is 0.00000196. The summed E-state index contributed by atoms with van der Waals surface area (Å²) >= 11 is 5.74. The van der Waals surface area contributed by atoms with Gasteiger partial charge in [-0.1, -0.05) is 23.7 Å². The van der Waals surface area contributed by atoms with E-state index in [1.165, 1.54) is 0 Å². The Hall–Kier alpha value is -0.770. The Labute approximate surface area is 101 Å². The molecule has 0 spiro atoms. The lowest BCUT2D eigenvalue weighted by atomic mass is 10.2. The van der Waals surface area contributed by atoms with Crippen molar-refractivity contribution in [3.8, 4) is 0 Å². The second kappa shape index (κ2) is 6.67. The number of nitrogens with two attached hydrogens (primary N) is 1. The van der Waals surface area contributed by atoms with Gasteiger partial charge in [-0.3, -0.25) is 4.79 Å². The predicted octanol–water partition coefficient (Wildman–Crippen LogP) is 1.68. The molecule has 5 heteroatoms. The molecule has 0 saturated carbocycles. The van der Waals surface area contributed by atoms with Gasteiger partial charge in [-0.05, 0) is 17.7 Å². The van der Waals surface area contributed by atoms with Crippen LogP contribution in [0.15, 0.2) is 24.3 Å². The molecule has 2 N–H and O–H groups in total. The minimum Gasteiger partial charge on any atom is -0.340 e. The topological polar surface area (TPSA) is 46.3 Å². The smallest absolute Gasteiger partial charge is 0.236 e. The number of likely N-dealkylation sites (N-methyl/N-ethyl adjacent to an activating group) is 1. The summed E-state index contributed by atoms with van der Waals surface area (Å²) in [5.41, 5.74) is 6.28. The molecule has 0 radical (unpaired) electrons. The van der Waals surface area contributed by atoms with E-state index in [9.17, 15) is 4.79 Å². The molecular formula is C10H14Cl2N2O. The third-order valence-electron chi connectivity index (χ3n) is 1.93. The van der Waals surface area contributed by atoms with E-state index >= 15 is 0 Å². The van der Waals surface area contributed by atoms with Crippen molar-refractivity contribution < 1.29 is 4.79 Å². The molecule has 1 aromatic rings. The van der Waals surface area contributed by atoms with Crippen LogP contribution in [0.2, 0.25) is 5.02 Å². The number of hydrogen-bond donors (Lipinski definition) is 1. The number of nitrogens with zero attached hydrogens (tertiary/aromatic N) is 1. The van der Waals surface area contributed by atoms with Gasteiger partial charge in [-0.15, -0.1) is 12.4 Å². The summed E-state index contributed by atoms with van der Waals surface area (Å²) < 4.78 is 0. The van der Waals surface area contributed by atoms with Crippen LogP contribution in [0.5, 0.6) is 0 Å². The highest BCUT2D eigenvalue weighted by atomic mass is 35.5. The Morgan fingerprint density at radius 2 is 1.93 bits per heavy atom. The quantitative estimate of drug-likeness (QED) is 0.885. The van der Waals surface area contributed by atoms with Crippen LogP contribution in [0.3, 0.4) is 0 Å². The lowest BCUT2D eigenvalue weighted by molar-refractivity contribution is -0.128. The Morgan fingerprint density at radius 3 is 2.40 bits per heavy atom. The normalized spacial score (nSPS) is 9.27. The van der Waals surface area contributed by atoms with Crippen molar-refractivity contribution in [3.05, 3.63) is 34.9 Å². The number of carbonyl (C=O) groups is 1. The summed E-state index contributed by atoms with van der Waals surface area (Å²) in [6.45, 7) is 0.608. The summed E-state index contributed by atoms with van der Waals surface area (Å²) in [7, 11) is 1.73. The first-order valence-electron chi connectivity index (χ1n) is 4.32. The first-order chi connectivity index (χ1) is 6.63. The lowest BCUT2D eigenvalue weighted by Crippen LogP contribution is -2.32. The zero-order valence-corrected chi connectivity index (χ0v) is 10.0.